The fourth-order valence-electron chi connectivity index (χ4n) is 4.91. The largest absolute Gasteiger partial charge is 0.333 e. The summed E-state index contributed by atoms with van der Waals surface area (Å²) in [6.07, 6.45) is 0.656. The number of piperazine rings is 1. The molecular weight excluding hydrogens is 368 g/mol. The second-order valence-electron chi connectivity index (χ2n) is 9.10. The van der Waals surface area contributed by atoms with Crippen LogP contribution in [0.2, 0.25) is 0 Å². The average molecular weight is 392 g/mol. The van der Waals surface area contributed by atoms with Crippen LogP contribution in [0.3, 0.4) is 0 Å². The van der Waals surface area contributed by atoms with Crippen molar-refractivity contribution in [1.29, 1.82) is 0 Å². The number of likely N-dealkylation sites (tertiary alicyclic amines) is 1. The summed E-state index contributed by atoms with van der Waals surface area (Å²) in [5.41, 5.74) is 0.251. The van der Waals surface area contributed by atoms with Crippen molar-refractivity contribution in [3.63, 3.8) is 0 Å². The highest BCUT2D eigenvalue weighted by atomic mass is 16.2. The van der Waals surface area contributed by atoms with E-state index in [2.05, 4.69) is 5.32 Å². The highest BCUT2D eigenvalue weighted by molar-refractivity contribution is 6.25. The van der Waals surface area contributed by atoms with Crippen LogP contribution >= 0.6 is 0 Å². The van der Waals surface area contributed by atoms with Gasteiger partial charge in [-0.1, -0.05) is 36.4 Å². The van der Waals surface area contributed by atoms with Crippen molar-refractivity contribution in [2.75, 3.05) is 11.4 Å². The van der Waals surface area contributed by atoms with Gasteiger partial charge in [0.1, 0.15) is 6.04 Å². The summed E-state index contributed by atoms with van der Waals surface area (Å²) in [5, 5.41) is 4.82. The third-order valence-corrected chi connectivity index (χ3v) is 6.01. The van der Waals surface area contributed by atoms with Crippen LogP contribution in [-0.2, 0) is 4.79 Å². The van der Waals surface area contributed by atoms with E-state index in [4.69, 9.17) is 0 Å². The van der Waals surface area contributed by atoms with E-state index >= 15 is 0 Å². The van der Waals surface area contributed by atoms with E-state index in [1.807, 2.05) is 63.2 Å². The predicted octanol–water partition coefficient (Wildman–Crippen LogP) is 2.94. The fourth-order valence-corrected chi connectivity index (χ4v) is 4.91. The Hall–Kier alpha value is -3.09. The van der Waals surface area contributed by atoms with Gasteiger partial charge in [-0.3, -0.25) is 4.79 Å². The Morgan fingerprint density at radius 2 is 1.79 bits per heavy atom. The minimum atomic E-state index is -0.606. The summed E-state index contributed by atoms with van der Waals surface area (Å²) < 4.78 is 0. The van der Waals surface area contributed by atoms with E-state index in [9.17, 15) is 14.4 Å². The molecule has 0 radical (unpaired) electrons. The van der Waals surface area contributed by atoms with Gasteiger partial charge in [-0.05, 0) is 38.6 Å². The maximum Gasteiger partial charge on any atom is 0.332 e. The lowest BCUT2D eigenvalue weighted by atomic mass is 10.1. The standard InChI is InChI=1S/C22H24N4O3/c1-22(2,3)23-20(28)24-12-14-11-17(24)18-19(27)26(21(29)25(14)18)16-10-6-8-13-7-4-5-9-15(13)16/h4-10,14,17-18H,11-12H2,1-3H3,(H,23,28). The molecule has 5 rings (SSSR count). The molecule has 3 aliphatic heterocycles. The van der Waals surface area contributed by atoms with E-state index in [-0.39, 0.29) is 35.6 Å². The first-order valence-corrected chi connectivity index (χ1v) is 9.99. The molecule has 1 N–H and O–H groups in total. The SMILES string of the molecule is CC(C)(C)NC(=O)N1CC2CC1C1C(=O)N(c3cccc4ccccc34)C(=O)N21. The summed E-state index contributed by atoms with van der Waals surface area (Å²) in [7, 11) is 0. The lowest BCUT2D eigenvalue weighted by Gasteiger charge is -2.36. The third kappa shape index (κ3) is 2.60. The molecule has 3 atom stereocenters. The van der Waals surface area contributed by atoms with Crippen LogP contribution in [0.25, 0.3) is 10.8 Å². The highest BCUT2D eigenvalue weighted by Crippen LogP contribution is 2.43. The number of amides is 5. The molecule has 5 amide bonds. The molecule has 2 aromatic rings. The average Bonchev–Trinajstić information content (AvgIpc) is 3.32. The quantitative estimate of drug-likeness (QED) is 0.759. The lowest BCUT2D eigenvalue weighted by Crippen LogP contribution is -2.59. The molecule has 2 bridgehead atoms. The number of carbonyl (C=O) groups is 3. The van der Waals surface area contributed by atoms with Gasteiger partial charge in [-0.15, -0.1) is 0 Å². The molecular formula is C22H24N4O3. The minimum absolute atomic E-state index is 0.118. The van der Waals surface area contributed by atoms with Crippen molar-refractivity contribution in [2.24, 2.45) is 0 Å². The van der Waals surface area contributed by atoms with Gasteiger partial charge in [0, 0.05) is 17.5 Å². The predicted molar refractivity (Wildman–Crippen MR) is 110 cm³/mol. The van der Waals surface area contributed by atoms with E-state index < -0.39 is 6.04 Å². The van der Waals surface area contributed by atoms with E-state index in [0.717, 1.165) is 10.8 Å². The number of benzene rings is 2. The zero-order chi connectivity index (χ0) is 20.5. The number of rotatable bonds is 1. The second kappa shape index (κ2) is 5.95. The molecule has 3 heterocycles. The van der Waals surface area contributed by atoms with Crippen molar-refractivity contribution >= 4 is 34.4 Å². The molecule has 0 aliphatic carbocycles. The second-order valence-corrected chi connectivity index (χ2v) is 9.10. The van der Waals surface area contributed by atoms with Gasteiger partial charge in [-0.2, -0.15) is 0 Å². The Labute approximate surface area is 169 Å². The van der Waals surface area contributed by atoms with Crippen LogP contribution in [0, 0.1) is 0 Å². The Kier molecular flexibility index (Phi) is 3.69. The minimum Gasteiger partial charge on any atom is -0.333 e. The first-order chi connectivity index (χ1) is 13.8. The van der Waals surface area contributed by atoms with Crippen molar-refractivity contribution in [3.05, 3.63) is 42.5 Å². The maximum atomic E-state index is 13.4. The first-order valence-electron chi connectivity index (χ1n) is 9.99. The molecule has 3 fully saturated rings. The van der Waals surface area contributed by atoms with Crippen LogP contribution in [-0.4, -0.2) is 58.0 Å². The number of nitrogens with one attached hydrogen (secondary N) is 1. The summed E-state index contributed by atoms with van der Waals surface area (Å²) in [5.74, 6) is -0.243. The number of urea groups is 2. The number of imide groups is 1. The summed E-state index contributed by atoms with van der Waals surface area (Å²) in [6.45, 7) is 6.25. The zero-order valence-electron chi connectivity index (χ0n) is 16.8. The van der Waals surface area contributed by atoms with Gasteiger partial charge in [0.2, 0.25) is 0 Å². The van der Waals surface area contributed by atoms with Crippen molar-refractivity contribution in [2.45, 2.75) is 50.9 Å². The molecule has 7 nitrogen and oxygen atoms in total. The van der Waals surface area contributed by atoms with Crippen LogP contribution in [0.4, 0.5) is 15.3 Å². The van der Waals surface area contributed by atoms with Gasteiger partial charge in [0.05, 0.1) is 17.8 Å². The van der Waals surface area contributed by atoms with Gasteiger partial charge < -0.3 is 15.1 Å². The first kappa shape index (κ1) is 18.0. The summed E-state index contributed by atoms with van der Waals surface area (Å²) in [4.78, 5) is 44.1. The van der Waals surface area contributed by atoms with Gasteiger partial charge >= 0.3 is 12.1 Å². The Morgan fingerprint density at radius 3 is 2.55 bits per heavy atom. The highest BCUT2D eigenvalue weighted by Gasteiger charge is 2.63. The number of fused-ring (bicyclic) bond motifs is 6. The Morgan fingerprint density at radius 1 is 1.07 bits per heavy atom. The van der Waals surface area contributed by atoms with E-state index in [1.165, 1.54) is 4.90 Å². The smallest absolute Gasteiger partial charge is 0.332 e. The van der Waals surface area contributed by atoms with Crippen LogP contribution in [0.5, 0.6) is 0 Å². The van der Waals surface area contributed by atoms with Crippen LogP contribution in [0.1, 0.15) is 27.2 Å². The zero-order valence-corrected chi connectivity index (χ0v) is 16.8. The van der Waals surface area contributed by atoms with E-state index in [0.29, 0.717) is 18.7 Å². The molecule has 3 aliphatic rings. The Balaban J connectivity index is 1.48. The molecule has 0 spiro atoms. The Bertz CT molecular complexity index is 1040. The number of anilines is 1. The summed E-state index contributed by atoms with van der Waals surface area (Å²) >= 11 is 0. The van der Waals surface area contributed by atoms with Crippen LogP contribution < -0.4 is 10.2 Å². The van der Waals surface area contributed by atoms with Crippen molar-refractivity contribution in [1.82, 2.24) is 15.1 Å². The fraction of sp³-hybridized carbons (Fsp3) is 0.409. The van der Waals surface area contributed by atoms with Crippen molar-refractivity contribution in [3.8, 4) is 0 Å². The number of hydrogen-bond donors (Lipinski definition) is 1. The number of carbonyl (C=O) groups excluding carboxylic acids is 3. The molecule has 0 saturated carbocycles. The molecule has 3 saturated heterocycles. The number of nitrogens with zero attached hydrogens (tertiary/aromatic N) is 3. The van der Waals surface area contributed by atoms with E-state index in [1.54, 1.807) is 9.80 Å². The van der Waals surface area contributed by atoms with Crippen LogP contribution in [0.15, 0.2) is 42.5 Å². The lowest BCUT2D eigenvalue weighted by molar-refractivity contribution is -0.120. The molecule has 7 heteroatoms. The summed E-state index contributed by atoms with van der Waals surface area (Å²) in [6, 6.07) is 11.9. The maximum absolute atomic E-state index is 13.4. The van der Waals surface area contributed by atoms with Crippen molar-refractivity contribution < 1.29 is 14.4 Å². The molecule has 150 valence electrons. The monoisotopic (exact) mass is 392 g/mol. The van der Waals surface area contributed by atoms with Gasteiger partial charge in [-0.25, -0.2) is 14.5 Å². The topological polar surface area (TPSA) is 73.0 Å². The molecule has 2 aromatic carbocycles. The normalized spacial score (nSPS) is 25.9. The number of hydrogen-bond acceptors (Lipinski definition) is 3. The van der Waals surface area contributed by atoms with Gasteiger partial charge in [0.25, 0.3) is 5.91 Å². The van der Waals surface area contributed by atoms with Gasteiger partial charge in [0.15, 0.2) is 0 Å². The third-order valence-electron chi connectivity index (χ3n) is 6.01. The molecule has 3 unspecified atom stereocenters. The molecule has 29 heavy (non-hydrogen) atoms. The molecule has 0 aromatic heterocycles.